The van der Waals surface area contributed by atoms with Crippen LogP contribution in [0.15, 0.2) is 78.9 Å². The molecule has 46 heavy (non-hydrogen) atoms. The van der Waals surface area contributed by atoms with Crippen LogP contribution in [0.2, 0.25) is 0 Å². The zero-order valence-electron chi connectivity index (χ0n) is 24.9. The molecule has 1 aliphatic rings. The van der Waals surface area contributed by atoms with Crippen molar-refractivity contribution in [3.8, 4) is 34.1 Å². The lowest BCUT2D eigenvalue weighted by atomic mass is 9.78. The number of nitrogens with zero attached hydrogens (tertiary/aromatic N) is 1. The van der Waals surface area contributed by atoms with Crippen LogP contribution < -0.4 is 4.74 Å². The van der Waals surface area contributed by atoms with Crippen LogP contribution in [-0.2, 0) is 6.11 Å². The fraction of sp³-hybridized carbons (Fsp3) is 0.270. The van der Waals surface area contributed by atoms with E-state index >= 15 is 4.39 Å². The van der Waals surface area contributed by atoms with Gasteiger partial charge in [0, 0.05) is 17.7 Å². The molecular formula is C37H30F7NO. The molecule has 0 heterocycles. The van der Waals surface area contributed by atoms with Crippen LogP contribution in [-0.4, -0.2) is 0 Å². The number of alkyl halides is 2. The third kappa shape index (κ3) is 7.12. The Kier molecular flexibility index (Phi) is 9.85. The van der Waals surface area contributed by atoms with Crippen molar-refractivity contribution >= 4 is 0 Å². The van der Waals surface area contributed by atoms with Gasteiger partial charge in [-0.3, -0.25) is 0 Å². The molecular weight excluding hydrogens is 607 g/mol. The van der Waals surface area contributed by atoms with Crippen LogP contribution in [0.5, 0.6) is 5.75 Å². The maximum Gasteiger partial charge on any atom is 0.432 e. The third-order valence-corrected chi connectivity index (χ3v) is 8.34. The van der Waals surface area contributed by atoms with Gasteiger partial charge in [0.05, 0.1) is 0 Å². The van der Waals surface area contributed by atoms with Gasteiger partial charge in [-0.25, -0.2) is 22.0 Å². The summed E-state index contributed by atoms with van der Waals surface area (Å²) in [6.07, 6.45) is 6.63. The van der Waals surface area contributed by atoms with E-state index in [0.717, 1.165) is 44.1 Å². The fourth-order valence-corrected chi connectivity index (χ4v) is 5.90. The largest absolute Gasteiger partial charge is 0.432 e. The highest BCUT2D eigenvalue weighted by molar-refractivity contribution is 5.71. The molecule has 2 nitrogen and oxygen atoms in total. The first kappa shape index (κ1) is 32.8. The van der Waals surface area contributed by atoms with E-state index in [9.17, 15) is 26.3 Å². The van der Waals surface area contributed by atoms with Crippen LogP contribution in [0.4, 0.5) is 30.7 Å². The molecule has 0 aromatic heterocycles. The first-order chi connectivity index (χ1) is 22.0. The smallest absolute Gasteiger partial charge is 0.429 e. The lowest BCUT2D eigenvalue weighted by Crippen LogP contribution is -2.25. The van der Waals surface area contributed by atoms with Gasteiger partial charge in [0.2, 0.25) is 0 Å². The van der Waals surface area contributed by atoms with Crippen LogP contribution in [0.25, 0.3) is 22.3 Å². The Morgan fingerprint density at radius 2 is 1.35 bits per heavy atom. The molecule has 0 radical (unpaired) electrons. The zero-order valence-corrected chi connectivity index (χ0v) is 24.9. The van der Waals surface area contributed by atoms with Gasteiger partial charge in [0.25, 0.3) is 0 Å². The minimum Gasteiger partial charge on any atom is -0.429 e. The molecule has 238 valence electrons. The average Bonchev–Trinajstić information content (AvgIpc) is 3.01. The monoisotopic (exact) mass is 637 g/mol. The van der Waals surface area contributed by atoms with Crippen LogP contribution in [0, 0.1) is 46.3 Å². The highest BCUT2D eigenvalue weighted by Crippen LogP contribution is 2.40. The second-order valence-corrected chi connectivity index (χ2v) is 11.5. The van der Waals surface area contributed by atoms with E-state index in [1.54, 1.807) is 6.07 Å². The Bertz CT molecular complexity index is 1740. The lowest BCUT2D eigenvalue weighted by molar-refractivity contribution is -0.189. The predicted molar refractivity (Wildman–Crippen MR) is 162 cm³/mol. The van der Waals surface area contributed by atoms with Crippen molar-refractivity contribution in [2.75, 3.05) is 0 Å². The standard InChI is InChI=1S/C37H30F7NO/c1-2-3-4-5-22-6-8-23(9-7-22)24-10-12-25(13-11-24)26-14-15-29(31(38)16-26)27-17-34(41)36(35(42)18-27)37(43,44)46-28-19-32(39)30(21-45)33(40)20-28/h4-5,10-20,22-23H,2-3,6-9H2,1H3/b5-4+. The SMILES string of the molecule is CCC/C=C/C1CCC(c2ccc(-c3ccc(-c4cc(F)c(C(F)(F)Oc5cc(F)c(C#N)c(F)c5)c(F)c4)c(F)c3)cc2)CC1. The highest BCUT2D eigenvalue weighted by atomic mass is 19.3. The summed E-state index contributed by atoms with van der Waals surface area (Å²) in [5.41, 5.74) is -0.953. The maximum absolute atomic E-state index is 15.2. The van der Waals surface area contributed by atoms with E-state index in [4.69, 9.17) is 5.26 Å². The number of nitriles is 1. The van der Waals surface area contributed by atoms with E-state index in [1.807, 2.05) is 24.3 Å². The summed E-state index contributed by atoms with van der Waals surface area (Å²) >= 11 is 0. The number of unbranched alkanes of at least 4 members (excludes halogenated alkanes) is 1. The Labute approximate surface area is 262 Å². The van der Waals surface area contributed by atoms with Gasteiger partial charge in [0.1, 0.15) is 52.0 Å². The topological polar surface area (TPSA) is 33.0 Å². The maximum atomic E-state index is 15.2. The second-order valence-electron chi connectivity index (χ2n) is 11.5. The average molecular weight is 638 g/mol. The normalized spacial score (nSPS) is 16.8. The molecule has 4 aromatic rings. The van der Waals surface area contributed by atoms with Gasteiger partial charge in [0.15, 0.2) is 0 Å². The molecule has 0 amide bonds. The molecule has 0 spiro atoms. The molecule has 4 aromatic carbocycles. The zero-order chi connectivity index (χ0) is 33.0. The molecule has 0 bridgehead atoms. The minimum absolute atomic E-state index is 0.227. The number of ether oxygens (including phenoxy) is 1. The van der Waals surface area contributed by atoms with Gasteiger partial charge < -0.3 is 4.74 Å². The van der Waals surface area contributed by atoms with Crippen molar-refractivity contribution in [3.05, 3.63) is 125 Å². The molecule has 1 saturated carbocycles. The van der Waals surface area contributed by atoms with Gasteiger partial charge in [-0.2, -0.15) is 14.0 Å². The molecule has 1 fully saturated rings. The molecule has 9 heteroatoms. The quantitative estimate of drug-likeness (QED) is 0.135. The number of hydrogen-bond acceptors (Lipinski definition) is 2. The Balaban J connectivity index is 1.31. The summed E-state index contributed by atoms with van der Waals surface area (Å²) in [4.78, 5) is 0. The second kappa shape index (κ2) is 13.8. The van der Waals surface area contributed by atoms with Gasteiger partial charge >= 0.3 is 6.11 Å². The van der Waals surface area contributed by atoms with Crippen LogP contribution >= 0.6 is 0 Å². The molecule has 0 atom stereocenters. The molecule has 0 N–H and O–H groups in total. The van der Waals surface area contributed by atoms with Crippen molar-refractivity contribution in [2.24, 2.45) is 5.92 Å². The third-order valence-electron chi connectivity index (χ3n) is 8.34. The van der Waals surface area contributed by atoms with Crippen molar-refractivity contribution in [3.63, 3.8) is 0 Å². The molecule has 0 aliphatic heterocycles. The van der Waals surface area contributed by atoms with Crippen molar-refractivity contribution < 1.29 is 35.5 Å². The van der Waals surface area contributed by atoms with Crippen molar-refractivity contribution in [1.82, 2.24) is 0 Å². The summed E-state index contributed by atoms with van der Waals surface area (Å²) in [6, 6.07) is 14.8. The Hall–Kier alpha value is -4.58. The van der Waals surface area contributed by atoms with E-state index in [-0.39, 0.29) is 11.1 Å². The number of allylic oxidation sites excluding steroid dienone is 2. The summed E-state index contributed by atoms with van der Waals surface area (Å²) in [7, 11) is 0. The van der Waals surface area contributed by atoms with Gasteiger partial charge in [-0.05, 0) is 84.4 Å². The fourth-order valence-electron chi connectivity index (χ4n) is 5.90. The van der Waals surface area contributed by atoms with Gasteiger partial charge in [-0.15, -0.1) is 0 Å². The number of benzene rings is 4. The van der Waals surface area contributed by atoms with E-state index < -0.39 is 52.1 Å². The van der Waals surface area contributed by atoms with E-state index in [0.29, 0.717) is 41.7 Å². The Morgan fingerprint density at radius 1 is 0.761 bits per heavy atom. The number of rotatable bonds is 9. The van der Waals surface area contributed by atoms with Gasteiger partial charge in [-0.1, -0.05) is 61.9 Å². The lowest BCUT2D eigenvalue weighted by Gasteiger charge is -2.27. The Morgan fingerprint density at radius 3 is 1.91 bits per heavy atom. The summed E-state index contributed by atoms with van der Waals surface area (Å²) < 4.78 is 107. The first-order valence-electron chi connectivity index (χ1n) is 15.0. The molecule has 0 unspecified atom stereocenters. The minimum atomic E-state index is -4.71. The predicted octanol–water partition coefficient (Wildman–Crippen LogP) is 11.3. The summed E-state index contributed by atoms with van der Waals surface area (Å²) in [5, 5.41) is 8.73. The molecule has 0 saturated heterocycles. The highest BCUT2D eigenvalue weighted by Gasteiger charge is 2.41. The summed E-state index contributed by atoms with van der Waals surface area (Å²) in [6.45, 7) is 2.16. The molecule has 5 rings (SSSR count). The van der Waals surface area contributed by atoms with Crippen molar-refractivity contribution in [2.45, 2.75) is 57.5 Å². The van der Waals surface area contributed by atoms with Crippen LogP contribution in [0.3, 0.4) is 0 Å². The molecule has 1 aliphatic carbocycles. The first-order valence-corrected chi connectivity index (χ1v) is 15.0. The van der Waals surface area contributed by atoms with Crippen molar-refractivity contribution in [1.29, 1.82) is 5.26 Å². The number of hydrogen-bond donors (Lipinski definition) is 0. The summed E-state index contributed by atoms with van der Waals surface area (Å²) in [5.74, 6) is -7.36. The van der Waals surface area contributed by atoms with E-state index in [1.165, 1.54) is 23.8 Å². The van der Waals surface area contributed by atoms with Crippen LogP contribution in [0.1, 0.15) is 68.1 Å². The number of halogens is 7. The van der Waals surface area contributed by atoms with E-state index in [2.05, 4.69) is 23.8 Å².